The van der Waals surface area contributed by atoms with Gasteiger partial charge in [0.1, 0.15) is 5.82 Å². The average molecular weight is 320 g/mol. The van der Waals surface area contributed by atoms with Gasteiger partial charge in [-0.1, -0.05) is 0 Å². The predicted molar refractivity (Wildman–Crippen MR) is 91.4 cm³/mol. The van der Waals surface area contributed by atoms with Gasteiger partial charge in [0.25, 0.3) is 0 Å². The first-order valence-electron chi connectivity index (χ1n) is 6.90. The maximum Gasteiger partial charge on any atom is 0.232 e. The van der Waals surface area contributed by atoms with Crippen molar-refractivity contribution in [1.82, 2.24) is 4.98 Å². The van der Waals surface area contributed by atoms with E-state index < -0.39 is 10.0 Å². The topological polar surface area (TPSA) is 74.3 Å². The molecule has 0 unspecified atom stereocenters. The number of hydrogen-bond acceptors (Lipinski definition) is 5. The zero-order chi connectivity index (χ0) is 16.2. The van der Waals surface area contributed by atoms with E-state index in [0.29, 0.717) is 11.5 Å². The van der Waals surface area contributed by atoms with E-state index in [1.807, 2.05) is 43.3 Å². The van der Waals surface area contributed by atoms with E-state index >= 15 is 0 Å². The molecular weight excluding hydrogens is 300 g/mol. The third-order valence-corrected chi connectivity index (χ3v) is 4.38. The number of pyridine rings is 1. The van der Waals surface area contributed by atoms with Crippen LogP contribution in [0.4, 0.5) is 22.9 Å². The van der Waals surface area contributed by atoms with Gasteiger partial charge in [0.2, 0.25) is 10.0 Å². The number of anilines is 4. The Morgan fingerprint density at radius 3 is 2.18 bits per heavy atom. The van der Waals surface area contributed by atoms with Crippen molar-refractivity contribution in [1.29, 1.82) is 0 Å². The van der Waals surface area contributed by atoms with Gasteiger partial charge in [-0.25, -0.2) is 13.4 Å². The quantitative estimate of drug-likeness (QED) is 0.856. The van der Waals surface area contributed by atoms with Crippen molar-refractivity contribution < 1.29 is 8.42 Å². The van der Waals surface area contributed by atoms with Crippen LogP contribution in [0, 0.1) is 0 Å². The summed E-state index contributed by atoms with van der Waals surface area (Å²) in [5.74, 6) is 0.683. The number of benzene rings is 1. The Balaban J connectivity index is 2.05. The molecule has 1 heterocycles. The molecule has 1 aromatic carbocycles. The second-order valence-electron chi connectivity index (χ2n) is 5.00. The van der Waals surface area contributed by atoms with Gasteiger partial charge in [-0.05, 0) is 43.3 Å². The van der Waals surface area contributed by atoms with Gasteiger partial charge in [0, 0.05) is 25.5 Å². The summed E-state index contributed by atoms with van der Waals surface area (Å²) in [6, 6.07) is 11.3. The molecule has 1 aromatic heterocycles. The Morgan fingerprint density at radius 1 is 1.05 bits per heavy atom. The molecule has 0 aliphatic heterocycles. The van der Waals surface area contributed by atoms with Gasteiger partial charge in [0.15, 0.2) is 0 Å². The first kappa shape index (κ1) is 16.1. The van der Waals surface area contributed by atoms with Crippen LogP contribution < -0.4 is 14.9 Å². The molecule has 22 heavy (non-hydrogen) atoms. The Hall–Kier alpha value is -2.28. The molecule has 0 bridgehead atoms. The number of nitrogens with zero attached hydrogens (tertiary/aromatic N) is 2. The van der Waals surface area contributed by atoms with Crippen molar-refractivity contribution in [2.75, 3.05) is 34.8 Å². The van der Waals surface area contributed by atoms with Crippen LogP contribution in [0.2, 0.25) is 0 Å². The molecule has 2 N–H and O–H groups in total. The van der Waals surface area contributed by atoms with E-state index in [-0.39, 0.29) is 5.75 Å². The summed E-state index contributed by atoms with van der Waals surface area (Å²) in [6.45, 7) is 1.59. The first-order chi connectivity index (χ1) is 10.4. The van der Waals surface area contributed by atoms with E-state index in [1.54, 1.807) is 19.1 Å². The summed E-state index contributed by atoms with van der Waals surface area (Å²) < 4.78 is 25.4. The standard InChI is InChI=1S/C15H20N4O2S/c1-4-22(20,21)18-13-7-10-15(16-11-13)17-12-5-8-14(9-6-12)19(2)3/h5-11,18H,4H2,1-3H3,(H,16,17). The van der Waals surface area contributed by atoms with Crippen molar-refractivity contribution in [2.24, 2.45) is 0 Å². The zero-order valence-corrected chi connectivity index (χ0v) is 13.7. The van der Waals surface area contributed by atoms with Gasteiger partial charge in [0.05, 0.1) is 17.6 Å². The van der Waals surface area contributed by atoms with Crippen molar-refractivity contribution in [3.05, 3.63) is 42.6 Å². The lowest BCUT2D eigenvalue weighted by Crippen LogP contribution is -2.14. The van der Waals surface area contributed by atoms with Crippen molar-refractivity contribution >= 4 is 32.9 Å². The van der Waals surface area contributed by atoms with Crippen molar-refractivity contribution in [2.45, 2.75) is 6.92 Å². The van der Waals surface area contributed by atoms with E-state index in [2.05, 4.69) is 15.0 Å². The van der Waals surface area contributed by atoms with Gasteiger partial charge in [-0.15, -0.1) is 0 Å². The highest BCUT2D eigenvalue weighted by atomic mass is 32.2. The third-order valence-electron chi connectivity index (χ3n) is 3.07. The Bertz CT molecular complexity index is 710. The fourth-order valence-corrected chi connectivity index (χ4v) is 2.39. The summed E-state index contributed by atoms with van der Waals surface area (Å²) in [5.41, 5.74) is 2.48. The number of aromatic nitrogens is 1. The Labute approximate surface area is 131 Å². The molecule has 0 saturated carbocycles. The van der Waals surface area contributed by atoms with Crippen LogP contribution >= 0.6 is 0 Å². The number of hydrogen-bond donors (Lipinski definition) is 2. The maximum absolute atomic E-state index is 11.5. The van der Waals surface area contributed by atoms with Crippen LogP contribution in [0.25, 0.3) is 0 Å². The minimum absolute atomic E-state index is 0.0330. The molecule has 0 amide bonds. The molecule has 0 fully saturated rings. The predicted octanol–water partition coefficient (Wildman–Crippen LogP) is 2.65. The highest BCUT2D eigenvalue weighted by Gasteiger charge is 2.06. The first-order valence-corrected chi connectivity index (χ1v) is 8.56. The number of sulfonamides is 1. The van der Waals surface area contributed by atoms with Crippen molar-refractivity contribution in [3.8, 4) is 0 Å². The molecule has 0 radical (unpaired) electrons. The second-order valence-corrected chi connectivity index (χ2v) is 7.01. The van der Waals surface area contributed by atoms with E-state index in [9.17, 15) is 8.42 Å². The molecule has 6 nitrogen and oxygen atoms in total. The van der Waals surface area contributed by atoms with Gasteiger partial charge >= 0.3 is 0 Å². The van der Waals surface area contributed by atoms with Gasteiger partial charge < -0.3 is 10.2 Å². The van der Waals surface area contributed by atoms with Gasteiger partial charge in [-0.2, -0.15) is 0 Å². The van der Waals surface area contributed by atoms with Crippen LogP contribution in [0.15, 0.2) is 42.6 Å². The normalized spacial score (nSPS) is 11.0. The van der Waals surface area contributed by atoms with Crippen LogP contribution in [-0.4, -0.2) is 33.2 Å². The zero-order valence-electron chi connectivity index (χ0n) is 12.9. The molecule has 0 spiro atoms. The SMILES string of the molecule is CCS(=O)(=O)Nc1ccc(Nc2ccc(N(C)C)cc2)nc1. The number of rotatable bonds is 6. The smallest absolute Gasteiger partial charge is 0.232 e. The minimum Gasteiger partial charge on any atom is -0.378 e. The molecule has 7 heteroatoms. The maximum atomic E-state index is 11.5. The van der Waals surface area contributed by atoms with Crippen LogP contribution in [0.5, 0.6) is 0 Å². The lowest BCUT2D eigenvalue weighted by atomic mass is 10.2. The third kappa shape index (κ3) is 4.36. The van der Waals surface area contributed by atoms with E-state index in [1.165, 1.54) is 6.20 Å². The summed E-state index contributed by atoms with van der Waals surface area (Å²) >= 11 is 0. The van der Waals surface area contributed by atoms with Crippen LogP contribution in [0.3, 0.4) is 0 Å². The summed E-state index contributed by atoms with van der Waals surface area (Å²) in [5, 5.41) is 3.17. The minimum atomic E-state index is -3.27. The van der Waals surface area contributed by atoms with Gasteiger partial charge in [-0.3, -0.25) is 4.72 Å². The summed E-state index contributed by atoms with van der Waals surface area (Å²) in [7, 11) is 0.700. The molecule has 0 aliphatic carbocycles. The molecule has 0 atom stereocenters. The molecule has 0 saturated heterocycles. The molecule has 2 rings (SSSR count). The Morgan fingerprint density at radius 2 is 1.68 bits per heavy atom. The monoisotopic (exact) mass is 320 g/mol. The van der Waals surface area contributed by atoms with Crippen LogP contribution in [-0.2, 0) is 10.0 Å². The lowest BCUT2D eigenvalue weighted by Gasteiger charge is -2.13. The summed E-state index contributed by atoms with van der Waals surface area (Å²) in [4.78, 5) is 6.23. The highest BCUT2D eigenvalue weighted by molar-refractivity contribution is 7.92. The summed E-state index contributed by atoms with van der Waals surface area (Å²) in [6.07, 6.45) is 1.49. The fourth-order valence-electron chi connectivity index (χ4n) is 1.77. The lowest BCUT2D eigenvalue weighted by molar-refractivity contribution is 0.602. The largest absolute Gasteiger partial charge is 0.378 e. The fraction of sp³-hybridized carbons (Fsp3) is 0.267. The number of nitrogens with one attached hydrogen (secondary N) is 2. The van der Waals surface area contributed by atoms with Crippen molar-refractivity contribution in [3.63, 3.8) is 0 Å². The Kier molecular flexibility index (Phi) is 4.87. The molecule has 118 valence electrons. The average Bonchev–Trinajstić information content (AvgIpc) is 2.49. The van der Waals surface area contributed by atoms with E-state index in [0.717, 1.165) is 11.4 Å². The molecular formula is C15H20N4O2S. The molecule has 0 aliphatic rings. The van der Waals surface area contributed by atoms with E-state index in [4.69, 9.17) is 0 Å². The highest BCUT2D eigenvalue weighted by Crippen LogP contribution is 2.20. The van der Waals surface area contributed by atoms with Crippen LogP contribution in [0.1, 0.15) is 6.92 Å². The second kappa shape index (κ2) is 6.65. The molecule has 2 aromatic rings.